The molecular weight excluding hydrogens is 908 g/mol. The summed E-state index contributed by atoms with van der Waals surface area (Å²) in [5.41, 5.74) is 4.48. The van der Waals surface area contributed by atoms with Crippen LogP contribution in [-0.4, -0.2) is 101 Å². The molecule has 0 atom stereocenters. The summed E-state index contributed by atoms with van der Waals surface area (Å²) >= 11 is 6.25. The van der Waals surface area contributed by atoms with Crippen LogP contribution in [0.5, 0.6) is 5.88 Å². The quantitative estimate of drug-likeness (QED) is 0.0811. The van der Waals surface area contributed by atoms with Gasteiger partial charge in [-0.25, -0.2) is 25.9 Å². The van der Waals surface area contributed by atoms with Crippen LogP contribution in [0, 0.1) is 21.4 Å². The van der Waals surface area contributed by atoms with Gasteiger partial charge in [-0.05, 0) is 109 Å². The number of carbonyl (C=O) groups excluding carboxylic acids is 1. The number of nitro benzene ring substituents is 1. The number of nitro groups is 1. The van der Waals surface area contributed by atoms with Crippen molar-refractivity contribution in [3.05, 3.63) is 111 Å². The first-order valence-electron chi connectivity index (χ1n) is 21.9. The van der Waals surface area contributed by atoms with Gasteiger partial charge in [0.15, 0.2) is 0 Å². The number of pyridine rings is 1. The molecular formula is C46H51ClN8O9S2. The molecule has 0 unspecified atom stereocenters. The number of rotatable bonds is 12. The largest absolute Gasteiger partial charge is 0.458 e. The van der Waals surface area contributed by atoms with Crippen LogP contribution < -0.4 is 24.0 Å². The van der Waals surface area contributed by atoms with Gasteiger partial charge in [0.1, 0.15) is 17.0 Å². The number of anilines is 4. The maximum atomic E-state index is 14.3. The molecule has 66 heavy (non-hydrogen) atoms. The van der Waals surface area contributed by atoms with Gasteiger partial charge < -0.3 is 24.7 Å². The highest BCUT2D eigenvalue weighted by molar-refractivity contribution is 7.93. The number of hydrogen-bond acceptors (Lipinski definition) is 13. The Morgan fingerprint density at radius 1 is 1.00 bits per heavy atom. The standard InChI is InChI=1S/C46H51ClN8O9S2/c1-46(2)15-11-33(38(26-46)31-3-5-34(47)6-4-31)28-52-17-19-53(20-18-52)35-7-9-37(40(24-35)54-42-23-32-12-16-48-43(32)50-45(42)64-29-65(54,59)60)44(56)51-66(61,62)36-8-10-39(41(25-36)55(57)58)49-27-30-13-21-63-22-14-30/h3-10,12,16,23-25,30,49H,11,13-15,17-22,26-29H2,1-2H3,(H,48,50)(H,51,56). The number of amides is 1. The van der Waals surface area contributed by atoms with Crippen LogP contribution >= 0.6 is 11.6 Å². The second-order valence-corrected chi connectivity index (χ2v) is 22.0. The van der Waals surface area contributed by atoms with Gasteiger partial charge in [0.2, 0.25) is 11.8 Å². The monoisotopic (exact) mass is 958 g/mol. The van der Waals surface area contributed by atoms with Crippen LogP contribution in [-0.2, 0) is 24.8 Å². The smallest absolute Gasteiger partial charge is 0.293 e. The van der Waals surface area contributed by atoms with E-state index in [2.05, 4.69) is 55.8 Å². The number of allylic oxidation sites excluding steroid dienone is 1. The number of aromatic nitrogens is 2. The van der Waals surface area contributed by atoms with Gasteiger partial charge in [0, 0.05) is 80.8 Å². The fourth-order valence-corrected chi connectivity index (χ4v) is 11.6. The predicted molar refractivity (Wildman–Crippen MR) is 254 cm³/mol. The summed E-state index contributed by atoms with van der Waals surface area (Å²) in [6.45, 7) is 9.63. The van der Waals surface area contributed by atoms with E-state index in [9.17, 15) is 31.7 Å². The number of ether oxygens (including phenoxy) is 2. The molecule has 3 N–H and O–H groups in total. The van der Waals surface area contributed by atoms with Crippen LogP contribution in [0.15, 0.2) is 89.5 Å². The summed E-state index contributed by atoms with van der Waals surface area (Å²) in [5, 5.41) is 16.5. The molecule has 2 saturated heterocycles. The number of sulfonamides is 2. The number of nitrogens with one attached hydrogen (secondary N) is 3. The van der Waals surface area contributed by atoms with Crippen molar-refractivity contribution >= 4 is 82.6 Å². The summed E-state index contributed by atoms with van der Waals surface area (Å²) < 4.78 is 70.1. The SMILES string of the molecule is CC1(C)CCC(CN2CCN(c3ccc(C(=O)NS(=O)(=O)c4ccc(NCC5CCOCC5)c([N+](=O)[O-])c4)c(N4c5cc6cc[nH]c6nc5OCS4(=O)=O)c3)CC2)=C(c2ccc(Cl)cc2)C1. The van der Waals surface area contributed by atoms with Crippen LogP contribution in [0.25, 0.3) is 16.6 Å². The van der Waals surface area contributed by atoms with Crippen LogP contribution in [0.1, 0.15) is 61.9 Å². The van der Waals surface area contributed by atoms with Gasteiger partial charge in [-0.1, -0.05) is 43.2 Å². The Hall–Kier alpha value is -5.73. The molecule has 1 aliphatic carbocycles. The summed E-state index contributed by atoms with van der Waals surface area (Å²) in [6, 6.07) is 19.3. The highest BCUT2D eigenvalue weighted by Gasteiger charge is 2.38. The van der Waals surface area contributed by atoms with Crippen molar-refractivity contribution in [2.75, 3.05) is 72.9 Å². The van der Waals surface area contributed by atoms with E-state index >= 15 is 0 Å². The summed E-state index contributed by atoms with van der Waals surface area (Å²) in [5.74, 6) is -1.73. The Labute approximate surface area is 388 Å². The number of fused-ring (bicyclic) bond motifs is 2. The third-order valence-corrected chi connectivity index (χ3v) is 15.9. The number of halogens is 1. The van der Waals surface area contributed by atoms with Gasteiger partial charge in [-0.2, -0.15) is 4.98 Å². The minimum absolute atomic E-state index is 0.00558. The molecule has 2 aromatic heterocycles. The fraction of sp³-hybridized carbons (Fsp3) is 0.391. The molecule has 9 rings (SSSR count). The Morgan fingerprint density at radius 3 is 2.50 bits per heavy atom. The van der Waals surface area contributed by atoms with Crippen molar-refractivity contribution in [3.63, 3.8) is 0 Å². The minimum Gasteiger partial charge on any atom is -0.458 e. The molecule has 0 bridgehead atoms. The predicted octanol–water partition coefficient (Wildman–Crippen LogP) is 7.69. The Bertz CT molecular complexity index is 2950. The average molecular weight is 960 g/mol. The second-order valence-electron chi connectivity index (χ2n) is 18.1. The zero-order chi connectivity index (χ0) is 46.4. The maximum Gasteiger partial charge on any atom is 0.293 e. The molecule has 3 aromatic carbocycles. The van der Waals surface area contributed by atoms with E-state index in [0.29, 0.717) is 67.7 Å². The van der Waals surface area contributed by atoms with Gasteiger partial charge in [0.25, 0.3) is 31.6 Å². The van der Waals surface area contributed by atoms with Crippen molar-refractivity contribution in [2.45, 2.75) is 50.8 Å². The summed E-state index contributed by atoms with van der Waals surface area (Å²) in [7, 11) is -9.07. The number of aromatic amines is 1. The lowest BCUT2D eigenvalue weighted by Crippen LogP contribution is -2.47. The lowest BCUT2D eigenvalue weighted by atomic mass is 9.72. The van der Waals surface area contributed by atoms with Gasteiger partial charge in [-0.3, -0.25) is 19.8 Å². The zero-order valence-corrected chi connectivity index (χ0v) is 39.0. The van der Waals surface area contributed by atoms with Crippen molar-refractivity contribution in [1.29, 1.82) is 0 Å². The van der Waals surface area contributed by atoms with Crippen molar-refractivity contribution in [1.82, 2.24) is 19.6 Å². The molecule has 4 aliphatic rings. The second kappa shape index (κ2) is 18.2. The molecule has 1 amide bonds. The fourth-order valence-electron chi connectivity index (χ4n) is 9.21. The van der Waals surface area contributed by atoms with E-state index in [1.165, 1.54) is 34.9 Å². The van der Waals surface area contributed by atoms with Crippen molar-refractivity contribution < 1.29 is 36.0 Å². The van der Waals surface area contributed by atoms with E-state index in [4.69, 9.17) is 21.1 Å². The lowest BCUT2D eigenvalue weighted by Gasteiger charge is -2.39. The Morgan fingerprint density at radius 2 is 1.76 bits per heavy atom. The van der Waals surface area contributed by atoms with Gasteiger partial charge in [0.05, 0.1) is 21.1 Å². The first-order valence-corrected chi connectivity index (χ1v) is 25.4. The molecule has 5 heterocycles. The van der Waals surface area contributed by atoms with E-state index in [0.717, 1.165) is 49.0 Å². The molecule has 5 aromatic rings. The Balaban J connectivity index is 1.01. The third kappa shape index (κ3) is 9.58. The third-order valence-electron chi connectivity index (χ3n) is 12.9. The number of benzene rings is 3. The molecule has 2 fully saturated rings. The zero-order valence-electron chi connectivity index (χ0n) is 36.6. The summed E-state index contributed by atoms with van der Waals surface area (Å²) in [4.78, 5) is 37.3. The number of carbonyl (C=O) groups is 1. The maximum absolute atomic E-state index is 14.3. The van der Waals surface area contributed by atoms with E-state index in [1.807, 2.05) is 12.1 Å². The number of H-pyrrole nitrogens is 1. The van der Waals surface area contributed by atoms with E-state index < -0.39 is 47.4 Å². The molecule has 17 nitrogen and oxygen atoms in total. The summed E-state index contributed by atoms with van der Waals surface area (Å²) in [6.07, 6.45) is 6.26. The first kappa shape index (κ1) is 45.4. The molecule has 0 radical (unpaired) electrons. The number of nitrogens with zero attached hydrogens (tertiary/aromatic N) is 5. The highest BCUT2D eigenvalue weighted by Crippen LogP contribution is 2.45. The Kier molecular flexibility index (Phi) is 12.5. The van der Waals surface area contributed by atoms with Crippen LogP contribution in [0.3, 0.4) is 0 Å². The van der Waals surface area contributed by atoms with E-state index in [-0.39, 0.29) is 39.8 Å². The molecule has 0 spiro atoms. The van der Waals surface area contributed by atoms with Gasteiger partial charge in [-0.15, -0.1) is 0 Å². The number of piperazine rings is 1. The average Bonchev–Trinajstić information content (AvgIpc) is 3.76. The molecule has 3 aliphatic heterocycles. The van der Waals surface area contributed by atoms with Crippen molar-refractivity contribution in [2.24, 2.45) is 11.3 Å². The van der Waals surface area contributed by atoms with Crippen LogP contribution in [0.2, 0.25) is 5.02 Å². The normalized spacial score (nSPS) is 19.0. The lowest BCUT2D eigenvalue weighted by molar-refractivity contribution is -0.384. The highest BCUT2D eigenvalue weighted by atomic mass is 35.5. The number of hydrogen-bond donors (Lipinski definition) is 3. The molecule has 0 saturated carbocycles. The molecule has 20 heteroatoms. The van der Waals surface area contributed by atoms with Gasteiger partial charge >= 0.3 is 0 Å². The minimum atomic E-state index is -4.74. The first-order chi connectivity index (χ1) is 31.5. The van der Waals surface area contributed by atoms with Crippen LogP contribution in [0.4, 0.5) is 28.4 Å². The molecule has 348 valence electrons. The van der Waals surface area contributed by atoms with Crippen molar-refractivity contribution in [3.8, 4) is 5.88 Å². The topological polar surface area (TPSA) is 209 Å². The van der Waals surface area contributed by atoms with E-state index in [1.54, 1.807) is 30.5 Å².